The lowest BCUT2D eigenvalue weighted by Crippen LogP contribution is -2.35. The average molecular weight is 396 g/mol. The predicted octanol–water partition coefficient (Wildman–Crippen LogP) is 2.54. The minimum Gasteiger partial charge on any atom is -0.486 e. The maximum Gasteiger partial charge on any atom is 0.220 e. The van der Waals surface area contributed by atoms with Gasteiger partial charge in [0.05, 0.1) is 13.2 Å². The van der Waals surface area contributed by atoms with Crippen molar-refractivity contribution in [1.82, 2.24) is 10.2 Å². The van der Waals surface area contributed by atoms with E-state index in [0.29, 0.717) is 32.6 Å². The van der Waals surface area contributed by atoms with Crippen LogP contribution in [0.1, 0.15) is 23.1 Å². The van der Waals surface area contributed by atoms with Gasteiger partial charge < -0.3 is 19.5 Å². The van der Waals surface area contributed by atoms with E-state index in [0.717, 1.165) is 55.5 Å². The summed E-state index contributed by atoms with van der Waals surface area (Å²) in [6.45, 7) is 6.19. The van der Waals surface area contributed by atoms with Gasteiger partial charge in [-0.2, -0.15) is 0 Å². The maximum atomic E-state index is 12.3. The van der Waals surface area contributed by atoms with Gasteiger partial charge >= 0.3 is 0 Å². The largest absolute Gasteiger partial charge is 0.486 e. The van der Waals surface area contributed by atoms with E-state index in [1.807, 2.05) is 18.2 Å². The third-order valence-corrected chi connectivity index (χ3v) is 5.24. The van der Waals surface area contributed by atoms with Crippen molar-refractivity contribution < 1.29 is 19.0 Å². The van der Waals surface area contributed by atoms with Crippen LogP contribution in [0.25, 0.3) is 0 Å². The summed E-state index contributed by atoms with van der Waals surface area (Å²) in [6.07, 6.45) is 1.13. The Labute approximate surface area is 171 Å². The van der Waals surface area contributed by atoms with Crippen molar-refractivity contribution in [2.24, 2.45) is 0 Å². The summed E-state index contributed by atoms with van der Waals surface area (Å²) in [4.78, 5) is 14.7. The van der Waals surface area contributed by atoms with Crippen LogP contribution in [-0.2, 0) is 29.0 Å². The first kappa shape index (κ1) is 19.7. The minimum atomic E-state index is 0.0541. The van der Waals surface area contributed by atoms with E-state index in [4.69, 9.17) is 14.2 Å². The molecule has 1 saturated heterocycles. The van der Waals surface area contributed by atoms with Crippen molar-refractivity contribution in [1.29, 1.82) is 0 Å². The number of nitrogens with zero attached hydrogens (tertiary/aromatic N) is 1. The van der Waals surface area contributed by atoms with Crippen LogP contribution in [-0.4, -0.2) is 50.3 Å². The number of hydrogen-bond acceptors (Lipinski definition) is 5. The monoisotopic (exact) mass is 396 g/mol. The fourth-order valence-electron chi connectivity index (χ4n) is 3.65. The zero-order valence-electron chi connectivity index (χ0n) is 16.7. The van der Waals surface area contributed by atoms with E-state index in [-0.39, 0.29) is 5.91 Å². The van der Waals surface area contributed by atoms with E-state index in [2.05, 4.69) is 34.5 Å². The van der Waals surface area contributed by atoms with E-state index in [1.165, 1.54) is 5.56 Å². The number of rotatable bonds is 7. The number of nitrogens with one attached hydrogen (secondary N) is 1. The highest BCUT2D eigenvalue weighted by molar-refractivity contribution is 5.76. The number of benzene rings is 2. The van der Waals surface area contributed by atoms with Crippen molar-refractivity contribution in [2.75, 3.05) is 39.5 Å². The lowest BCUT2D eigenvalue weighted by molar-refractivity contribution is -0.121. The first-order valence-electron chi connectivity index (χ1n) is 10.3. The summed E-state index contributed by atoms with van der Waals surface area (Å²) in [5, 5.41) is 3.03. The molecular weight excluding hydrogens is 368 g/mol. The molecule has 1 fully saturated rings. The van der Waals surface area contributed by atoms with Gasteiger partial charge in [0.25, 0.3) is 0 Å². The molecule has 29 heavy (non-hydrogen) atoms. The van der Waals surface area contributed by atoms with Gasteiger partial charge in [-0.05, 0) is 35.2 Å². The van der Waals surface area contributed by atoms with Gasteiger partial charge in [-0.1, -0.05) is 30.3 Å². The first-order chi connectivity index (χ1) is 14.3. The summed E-state index contributed by atoms with van der Waals surface area (Å²) < 4.78 is 16.5. The van der Waals surface area contributed by atoms with Crippen LogP contribution in [0.15, 0.2) is 42.5 Å². The first-order valence-corrected chi connectivity index (χ1v) is 10.3. The Hall–Kier alpha value is -2.57. The number of morpholine rings is 1. The molecule has 1 amide bonds. The molecule has 2 aromatic carbocycles. The second-order valence-corrected chi connectivity index (χ2v) is 7.46. The molecule has 0 unspecified atom stereocenters. The van der Waals surface area contributed by atoms with Gasteiger partial charge in [0.15, 0.2) is 11.5 Å². The Balaban J connectivity index is 1.23. The maximum absolute atomic E-state index is 12.3. The average Bonchev–Trinajstić information content (AvgIpc) is 2.77. The fourth-order valence-corrected chi connectivity index (χ4v) is 3.65. The zero-order valence-corrected chi connectivity index (χ0v) is 16.7. The van der Waals surface area contributed by atoms with E-state index in [9.17, 15) is 4.79 Å². The number of amides is 1. The highest BCUT2D eigenvalue weighted by atomic mass is 16.6. The Morgan fingerprint density at radius 2 is 1.69 bits per heavy atom. The van der Waals surface area contributed by atoms with Crippen LogP contribution in [0, 0.1) is 0 Å². The van der Waals surface area contributed by atoms with Crippen molar-refractivity contribution >= 4 is 5.91 Å². The fraction of sp³-hybridized carbons (Fsp3) is 0.435. The third kappa shape index (κ3) is 5.71. The molecule has 2 aliphatic rings. The van der Waals surface area contributed by atoms with Crippen LogP contribution >= 0.6 is 0 Å². The molecule has 2 aliphatic heterocycles. The summed E-state index contributed by atoms with van der Waals surface area (Å²) >= 11 is 0. The number of ether oxygens (including phenoxy) is 3. The molecule has 0 aliphatic carbocycles. The summed E-state index contributed by atoms with van der Waals surface area (Å²) in [6, 6.07) is 14.3. The molecule has 0 spiro atoms. The van der Waals surface area contributed by atoms with Crippen LogP contribution in [0.4, 0.5) is 0 Å². The minimum absolute atomic E-state index is 0.0541. The molecule has 1 N–H and O–H groups in total. The van der Waals surface area contributed by atoms with E-state index < -0.39 is 0 Å². The Bertz CT molecular complexity index is 833. The van der Waals surface area contributed by atoms with Gasteiger partial charge in [-0.25, -0.2) is 0 Å². The number of aryl methyl sites for hydroxylation is 1. The standard InChI is InChI=1S/C23H28N2O4/c26-23(7-5-18-4-6-21-22(15-18)29-13-12-28-21)24-16-19-2-1-3-20(14-19)17-25-8-10-27-11-9-25/h1-4,6,14-15H,5,7-13,16-17H2,(H,24,26). The quantitative estimate of drug-likeness (QED) is 0.779. The normalized spacial score (nSPS) is 16.4. The molecule has 0 aromatic heterocycles. The predicted molar refractivity (Wildman–Crippen MR) is 110 cm³/mol. The molecule has 0 bridgehead atoms. The van der Waals surface area contributed by atoms with Gasteiger partial charge in [0, 0.05) is 32.6 Å². The van der Waals surface area contributed by atoms with Crippen molar-refractivity contribution in [3.05, 3.63) is 59.2 Å². The molecule has 4 rings (SSSR count). The summed E-state index contributed by atoms with van der Waals surface area (Å²) in [7, 11) is 0. The molecule has 2 aromatic rings. The Morgan fingerprint density at radius 3 is 2.55 bits per heavy atom. The van der Waals surface area contributed by atoms with E-state index >= 15 is 0 Å². The zero-order chi connectivity index (χ0) is 19.9. The van der Waals surface area contributed by atoms with Gasteiger partial charge in [-0.3, -0.25) is 9.69 Å². The van der Waals surface area contributed by atoms with Crippen molar-refractivity contribution in [2.45, 2.75) is 25.9 Å². The molecule has 154 valence electrons. The third-order valence-electron chi connectivity index (χ3n) is 5.24. The number of carbonyl (C=O) groups excluding carboxylic acids is 1. The van der Waals surface area contributed by atoms with Crippen LogP contribution in [0.3, 0.4) is 0 Å². The SMILES string of the molecule is O=C(CCc1ccc2c(c1)OCCO2)NCc1cccc(CN2CCOCC2)c1. The van der Waals surface area contributed by atoms with Crippen LogP contribution in [0.2, 0.25) is 0 Å². The summed E-state index contributed by atoms with van der Waals surface area (Å²) in [5.41, 5.74) is 3.48. The van der Waals surface area contributed by atoms with Crippen LogP contribution < -0.4 is 14.8 Å². The molecule has 2 heterocycles. The molecule has 0 radical (unpaired) electrons. The molecule has 0 saturated carbocycles. The number of carbonyl (C=O) groups is 1. The second kappa shape index (κ2) is 9.76. The van der Waals surface area contributed by atoms with Crippen molar-refractivity contribution in [3.63, 3.8) is 0 Å². The Morgan fingerprint density at radius 1 is 0.897 bits per heavy atom. The molecule has 0 atom stereocenters. The van der Waals surface area contributed by atoms with Crippen LogP contribution in [0.5, 0.6) is 11.5 Å². The summed E-state index contributed by atoms with van der Waals surface area (Å²) in [5.74, 6) is 1.60. The highest BCUT2D eigenvalue weighted by Gasteiger charge is 2.13. The van der Waals surface area contributed by atoms with Gasteiger partial charge in [-0.15, -0.1) is 0 Å². The Kier molecular flexibility index (Phi) is 6.64. The second-order valence-electron chi connectivity index (χ2n) is 7.46. The topological polar surface area (TPSA) is 60.0 Å². The molecule has 6 heteroatoms. The number of fused-ring (bicyclic) bond motifs is 1. The lowest BCUT2D eigenvalue weighted by Gasteiger charge is -2.26. The lowest BCUT2D eigenvalue weighted by atomic mass is 10.1. The number of hydrogen-bond donors (Lipinski definition) is 1. The van der Waals surface area contributed by atoms with Gasteiger partial charge in [0.2, 0.25) is 5.91 Å². The molecule has 6 nitrogen and oxygen atoms in total. The highest BCUT2D eigenvalue weighted by Crippen LogP contribution is 2.31. The van der Waals surface area contributed by atoms with Crippen molar-refractivity contribution in [3.8, 4) is 11.5 Å². The van der Waals surface area contributed by atoms with Gasteiger partial charge in [0.1, 0.15) is 13.2 Å². The molecular formula is C23H28N2O4. The van der Waals surface area contributed by atoms with E-state index in [1.54, 1.807) is 0 Å². The smallest absolute Gasteiger partial charge is 0.220 e.